The summed E-state index contributed by atoms with van der Waals surface area (Å²) in [6.45, 7) is 4.72. The van der Waals surface area contributed by atoms with Crippen LogP contribution in [0.4, 0.5) is 0 Å². The van der Waals surface area contributed by atoms with Gasteiger partial charge in [-0.25, -0.2) is 29.9 Å². The highest BCUT2D eigenvalue weighted by Gasteiger charge is 2.37. The average molecular weight is 1310 g/mol. The number of para-hydroxylation sites is 1. The van der Waals surface area contributed by atoms with E-state index in [4.69, 9.17) is 34.3 Å². The van der Waals surface area contributed by atoms with Gasteiger partial charge in [-0.2, -0.15) is 0 Å². The van der Waals surface area contributed by atoms with Crippen LogP contribution in [0.2, 0.25) is 0 Å². The number of hydrogen-bond acceptors (Lipinski definition) is 8. The van der Waals surface area contributed by atoms with Crippen LogP contribution in [0.3, 0.4) is 0 Å². The Morgan fingerprint density at radius 3 is 1.27 bits per heavy atom. The third kappa shape index (κ3) is 9.70. The standard InChI is InChI=1S/C48H33N3.C45H25N3OS/c1-48(2)42-16-10-9-15-38(42)40-28-27-39-41(44(40)48)26-23-32-19-22-35-29-36(24-25-37(35)43(32)39)47-50-45(33-13-7-4-8-14-33)49-46(51-47)34-20-17-31(18-21-34)30-11-5-3-6-12-30;1-2-8-27(9-3-1)43-46-44(48-45(47-43)30-18-20-33-32-10-4-6-12-38(32)49-39(33)25-30)29-17-19-31-28(24-29)15-14-26-16-21-37-35(41(26)31)22-23-36-34-11-5-7-13-40(34)50-42(36)37/h3-29H,1-2H3;1-25H. The van der Waals surface area contributed by atoms with Crippen molar-refractivity contribution < 1.29 is 4.42 Å². The van der Waals surface area contributed by atoms with Crippen LogP contribution in [-0.2, 0) is 5.41 Å². The van der Waals surface area contributed by atoms with E-state index >= 15 is 0 Å². The van der Waals surface area contributed by atoms with Crippen molar-refractivity contribution in [2.75, 3.05) is 0 Å². The highest BCUT2D eigenvalue weighted by Crippen LogP contribution is 2.53. The minimum atomic E-state index is -0.0778. The van der Waals surface area contributed by atoms with Crippen molar-refractivity contribution in [3.8, 4) is 90.6 Å². The highest BCUT2D eigenvalue weighted by molar-refractivity contribution is 7.26. The van der Waals surface area contributed by atoms with Gasteiger partial charge in [0.15, 0.2) is 34.9 Å². The van der Waals surface area contributed by atoms with Gasteiger partial charge in [-0.1, -0.05) is 293 Å². The van der Waals surface area contributed by atoms with E-state index in [0.29, 0.717) is 34.9 Å². The lowest BCUT2D eigenvalue weighted by atomic mass is 9.79. The van der Waals surface area contributed by atoms with Crippen molar-refractivity contribution in [2.45, 2.75) is 19.3 Å². The van der Waals surface area contributed by atoms with Crippen LogP contribution in [0.15, 0.2) is 320 Å². The first-order chi connectivity index (χ1) is 49.8. The van der Waals surface area contributed by atoms with E-state index in [1.807, 2.05) is 90.2 Å². The molecule has 0 atom stereocenters. The number of fused-ring (bicyclic) bond motifs is 21. The molecule has 0 spiro atoms. The second-order valence-electron chi connectivity index (χ2n) is 26.8. The van der Waals surface area contributed by atoms with Crippen LogP contribution in [-0.4, -0.2) is 29.9 Å². The summed E-state index contributed by atoms with van der Waals surface area (Å²) in [5, 5.41) is 19.8. The first-order valence-electron chi connectivity index (χ1n) is 34.2. The molecule has 0 saturated carbocycles. The molecule has 16 aromatic carbocycles. The smallest absolute Gasteiger partial charge is 0.164 e. The molecular weight excluding hydrogens is 1250 g/mol. The summed E-state index contributed by atoms with van der Waals surface area (Å²) in [5.74, 6) is 3.83. The fraction of sp³-hybridized carbons (Fsp3) is 0.0323. The molecule has 0 bridgehead atoms. The van der Waals surface area contributed by atoms with Crippen LogP contribution in [0, 0.1) is 0 Å². The van der Waals surface area contributed by atoms with Crippen molar-refractivity contribution in [1.82, 2.24) is 29.9 Å². The van der Waals surface area contributed by atoms with Gasteiger partial charge in [0.1, 0.15) is 11.2 Å². The lowest BCUT2D eigenvalue weighted by Crippen LogP contribution is -2.15. The Morgan fingerprint density at radius 1 is 0.257 bits per heavy atom. The molecule has 4 aromatic heterocycles. The molecule has 21 rings (SSSR count). The van der Waals surface area contributed by atoms with Gasteiger partial charge in [-0.15, -0.1) is 11.3 Å². The first-order valence-corrected chi connectivity index (χ1v) is 35.0. The van der Waals surface area contributed by atoms with Gasteiger partial charge in [-0.3, -0.25) is 0 Å². The van der Waals surface area contributed by atoms with Crippen molar-refractivity contribution in [2.24, 2.45) is 0 Å². The highest BCUT2D eigenvalue weighted by atomic mass is 32.1. The third-order valence-electron chi connectivity index (χ3n) is 20.6. The molecule has 1 aliphatic carbocycles. The monoisotopic (exact) mass is 1310 g/mol. The van der Waals surface area contributed by atoms with Crippen molar-refractivity contribution in [3.63, 3.8) is 0 Å². The normalized spacial score (nSPS) is 12.5. The van der Waals surface area contributed by atoms with Crippen molar-refractivity contribution in [1.29, 1.82) is 0 Å². The molecule has 0 fully saturated rings. The topological polar surface area (TPSA) is 90.5 Å². The number of hydrogen-bond donors (Lipinski definition) is 0. The molecule has 0 amide bonds. The number of nitrogens with zero attached hydrogens (tertiary/aromatic N) is 6. The summed E-state index contributed by atoms with van der Waals surface area (Å²) in [6.07, 6.45) is 0. The van der Waals surface area contributed by atoms with Crippen molar-refractivity contribution >= 4 is 118 Å². The summed E-state index contributed by atoms with van der Waals surface area (Å²) in [4.78, 5) is 30.2. The second kappa shape index (κ2) is 23.1. The first kappa shape index (κ1) is 58.3. The van der Waals surface area contributed by atoms with Gasteiger partial charge < -0.3 is 4.42 Å². The molecule has 20 aromatic rings. The van der Waals surface area contributed by atoms with Gasteiger partial charge in [0.2, 0.25) is 0 Å². The SMILES string of the molecule is CC1(C)c2ccccc2-c2ccc3c(ccc4ccc5cc(-c6nc(-c7ccccc7)nc(-c7ccc(-c8ccccc8)cc7)n6)ccc5c43)c21.c1ccc(-c2nc(-c3ccc4c(ccc5ccc6c(ccc7c8ccccc8sc76)c54)c3)nc(-c3ccc4c(c3)oc3ccccc34)n2)cc1. The summed E-state index contributed by atoms with van der Waals surface area (Å²) in [6, 6.07) is 112. The van der Waals surface area contributed by atoms with E-state index in [9.17, 15) is 0 Å². The molecule has 1 aliphatic rings. The zero-order valence-electron chi connectivity index (χ0n) is 55.0. The molecule has 8 heteroatoms. The third-order valence-corrected chi connectivity index (χ3v) is 21.8. The van der Waals surface area contributed by atoms with E-state index in [1.165, 1.54) is 102 Å². The molecule has 0 saturated heterocycles. The minimum absolute atomic E-state index is 0.0778. The van der Waals surface area contributed by atoms with Crippen LogP contribution in [0.5, 0.6) is 0 Å². The van der Waals surface area contributed by atoms with Gasteiger partial charge in [0, 0.05) is 75.1 Å². The number of aromatic nitrogens is 6. The lowest BCUT2D eigenvalue weighted by molar-refractivity contribution is 0.666. The number of benzene rings is 16. The second-order valence-corrected chi connectivity index (χ2v) is 27.9. The molecule has 0 N–H and O–H groups in total. The summed E-state index contributed by atoms with van der Waals surface area (Å²) >= 11 is 1.88. The summed E-state index contributed by atoms with van der Waals surface area (Å²) < 4.78 is 8.89. The Labute approximate surface area is 585 Å². The van der Waals surface area contributed by atoms with Gasteiger partial charge >= 0.3 is 0 Å². The van der Waals surface area contributed by atoms with E-state index in [2.05, 4.69) is 250 Å². The largest absolute Gasteiger partial charge is 0.456 e. The predicted octanol–water partition coefficient (Wildman–Crippen LogP) is 24.9. The average Bonchev–Trinajstić information content (AvgIpc) is 1.60. The number of thiophene rings is 1. The molecule has 0 radical (unpaired) electrons. The Balaban J connectivity index is 0.000000136. The Hall–Kier alpha value is -12.9. The Bertz CT molecular complexity index is 6780. The maximum Gasteiger partial charge on any atom is 0.164 e. The van der Waals surface area contributed by atoms with Gasteiger partial charge in [0.25, 0.3) is 0 Å². The van der Waals surface area contributed by atoms with Crippen molar-refractivity contribution in [3.05, 3.63) is 327 Å². The van der Waals surface area contributed by atoms with Gasteiger partial charge in [-0.05, 0) is 129 Å². The lowest BCUT2D eigenvalue weighted by Gasteiger charge is -2.23. The summed E-state index contributed by atoms with van der Waals surface area (Å²) in [7, 11) is 0. The van der Waals surface area contributed by atoms with Crippen LogP contribution in [0.25, 0.3) is 197 Å². The number of furan rings is 1. The molecule has 101 heavy (non-hydrogen) atoms. The van der Waals surface area contributed by atoms with E-state index in [0.717, 1.165) is 71.7 Å². The fourth-order valence-electron chi connectivity index (χ4n) is 15.7. The Morgan fingerprint density at radius 2 is 0.644 bits per heavy atom. The van der Waals surface area contributed by atoms with Crippen LogP contribution >= 0.6 is 11.3 Å². The fourth-order valence-corrected chi connectivity index (χ4v) is 16.9. The number of rotatable bonds is 7. The maximum atomic E-state index is 6.23. The van der Waals surface area contributed by atoms with E-state index in [1.54, 1.807) is 0 Å². The molecule has 7 nitrogen and oxygen atoms in total. The molecule has 4 heterocycles. The maximum absolute atomic E-state index is 6.23. The molecular formula is C93H58N6OS. The summed E-state index contributed by atoms with van der Waals surface area (Å²) in [5.41, 5.74) is 15.1. The quantitative estimate of drug-likeness (QED) is 0.147. The van der Waals surface area contributed by atoms with Crippen LogP contribution in [0.1, 0.15) is 25.0 Å². The van der Waals surface area contributed by atoms with E-state index < -0.39 is 0 Å². The molecule has 472 valence electrons. The van der Waals surface area contributed by atoms with Gasteiger partial charge in [0.05, 0.1) is 0 Å². The predicted molar refractivity (Wildman–Crippen MR) is 420 cm³/mol. The van der Waals surface area contributed by atoms with E-state index in [-0.39, 0.29) is 5.41 Å². The van der Waals surface area contributed by atoms with Crippen LogP contribution < -0.4 is 0 Å². The molecule has 0 unspecified atom stereocenters. The Kier molecular flexibility index (Phi) is 13.4. The molecule has 0 aliphatic heterocycles. The zero-order chi connectivity index (χ0) is 66.9. The minimum Gasteiger partial charge on any atom is -0.456 e. The zero-order valence-corrected chi connectivity index (χ0v) is 55.8.